The zero-order valence-corrected chi connectivity index (χ0v) is 20.2. The smallest absolute Gasteiger partial charge is 0.0541 e. The van der Waals surface area contributed by atoms with E-state index in [2.05, 4.69) is 144 Å². The maximum atomic E-state index is 2.42. The van der Waals surface area contributed by atoms with Gasteiger partial charge in [0.2, 0.25) is 0 Å². The van der Waals surface area contributed by atoms with E-state index in [1.807, 2.05) is 0 Å². The monoisotopic (exact) mass is 469 g/mol. The minimum Gasteiger partial charge on any atom is -0.309 e. The molecule has 1 aromatic heterocycles. The molecule has 37 heavy (non-hydrogen) atoms. The lowest BCUT2D eigenvalue weighted by atomic mass is 9.92. The highest BCUT2D eigenvalue weighted by molar-refractivity contribution is 6.25. The first-order valence-corrected chi connectivity index (χ1v) is 12.8. The molecule has 8 aromatic rings. The minimum atomic E-state index is 1.20. The van der Waals surface area contributed by atoms with Crippen LogP contribution >= 0.6 is 0 Å². The Kier molecular flexibility index (Phi) is 4.29. The van der Waals surface area contributed by atoms with Crippen LogP contribution < -0.4 is 0 Å². The quantitative estimate of drug-likeness (QED) is 0.222. The summed E-state index contributed by atoms with van der Waals surface area (Å²) >= 11 is 0. The third-order valence-electron chi connectivity index (χ3n) is 7.78. The van der Waals surface area contributed by atoms with Gasteiger partial charge in [0, 0.05) is 16.3 Å². The molecule has 0 unspecified atom stereocenters. The zero-order valence-electron chi connectivity index (χ0n) is 20.2. The third-order valence-corrected chi connectivity index (χ3v) is 7.78. The van der Waals surface area contributed by atoms with Crippen molar-refractivity contribution >= 4 is 54.1 Å². The van der Waals surface area contributed by atoms with Crippen LogP contribution in [0.5, 0.6) is 0 Å². The zero-order chi connectivity index (χ0) is 24.3. The van der Waals surface area contributed by atoms with Crippen LogP contribution in [0.2, 0.25) is 0 Å². The Morgan fingerprint density at radius 1 is 0.324 bits per heavy atom. The predicted molar refractivity (Wildman–Crippen MR) is 159 cm³/mol. The van der Waals surface area contributed by atoms with Crippen molar-refractivity contribution in [2.75, 3.05) is 0 Å². The van der Waals surface area contributed by atoms with Gasteiger partial charge in [-0.05, 0) is 62.1 Å². The van der Waals surface area contributed by atoms with Crippen molar-refractivity contribution in [3.63, 3.8) is 0 Å². The number of hydrogen-bond donors (Lipinski definition) is 0. The molecule has 1 heteroatoms. The highest BCUT2D eigenvalue weighted by Crippen LogP contribution is 2.40. The average molecular weight is 470 g/mol. The molecule has 0 bridgehead atoms. The molecule has 7 aromatic carbocycles. The van der Waals surface area contributed by atoms with E-state index in [1.165, 1.54) is 70.9 Å². The molecule has 0 aliphatic carbocycles. The number of benzene rings is 7. The topological polar surface area (TPSA) is 4.93 Å². The summed E-state index contributed by atoms with van der Waals surface area (Å²) in [6.07, 6.45) is 0. The van der Waals surface area contributed by atoms with Crippen molar-refractivity contribution in [2.24, 2.45) is 0 Å². The summed E-state index contributed by atoms with van der Waals surface area (Å²) in [4.78, 5) is 0. The van der Waals surface area contributed by atoms with Crippen molar-refractivity contribution in [3.8, 4) is 16.8 Å². The van der Waals surface area contributed by atoms with Gasteiger partial charge in [-0.15, -0.1) is 0 Å². The normalized spacial score (nSPS) is 11.8. The van der Waals surface area contributed by atoms with Gasteiger partial charge >= 0.3 is 0 Å². The number of hydrogen-bond acceptors (Lipinski definition) is 0. The van der Waals surface area contributed by atoms with E-state index in [0.717, 1.165) is 0 Å². The molecule has 1 heterocycles. The molecule has 0 aliphatic heterocycles. The van der Waals surface area contributed by atoms with Crippen molar-refractivity contribution in [2.45, 2.75) is 0 Å². The van der Waals surface area contributed by atoms with Crippen LogP contribution in [0.4, 0.5) is 0 Å². The van der Waals surface area contributed by atoms with Crippen molar-refractivity contribution in [1.82, 2.24) is 4.57 Å². The lowest BCUT2D eigenvalue weighted by molar-refractivity contribution is 1.18. The molecule has 0 amide bonds. The van der Waals surface area contributed by atoms with Gasteiger partial charge < -0.3 is 4.57 Å². The number of rotatable bonds is 2. The van der Waals surface area contributed by atoms with Crippen LogP contribution in [-0.4, -0.2) is 4.57 Å². The van der Waals surface area contributed by atoms with Crippen molar-refractivity contribution < 1.29 is 0 Å². The molecule has 0 spiro atoms. The van der Waals surface area contributed by atoms with E-state index in [1.54, 1.807) is 0 Å². The number of fused-ring (bicyclic) bond motifs is 9. The summed E-state index contributed by atoms with van der Waals surface area (Å²) in [7, 11) is 0. The second kappa shape index (κ2) is 7.81. The molecule has 0 N–H and O–H groups in total. The summed E-state index contributed by atoms with van der Waals surface area (Å²) in [5.41, 5.74) is 6.12. The second-order valence-corrected chi connectivity index (χ2v) is 9.74. The van der Waals surface area contributed by atoms with Crippen molar-refractivity contribution in [1.29, 1.82) is 0 Å². The molecule has 172 valence electrons. The van der Waals surface area contributed by atoms with Crippen LogP contribution in [0.3, 0.4) is 0 Å². The number of para-hydroxylation sites is 3. The number of nitrogens with zero attached hydrogens (tertiary/aromatic N) is 1. The molecule has 0 atom stereocenters. The van der Waals surface area contributed by atoms with E-state index < -0.39 is 0 Å². The van der Waals surface area contributed by atoms with Crippen LogP contribution in [0.15, 0.2) is 140 Å². The van der Waals surface area contributed by atoms with Crippen LogP contribution in [0, 0.1) is 0 Å². The van der Waals surface area contributed by atoms with E-state index >= 15 is 0 Å². The lowest BCUT2D eigenvalue weighted by Gasteiger charge is -2.16. The summed E-state index contributed by atoms with van der Waals surface area (Å²) in [5, 5.41) is 10.4. The van der Waals surface area contributed by atoms with Gasteiger partial charge in [-0.25, -0.2) is 0 Å². The van der Waals surface area contributed by atoms with E-state index in [4.69, 9.17) is 0 Å². The first-order valence-electron chi connectivity index (χ1n) is 12.8. The predicted octanol–water partition coefficient (Wildman–Crippen LogP) is 9.91. The summed E-state index contributed by atoms with van der Waals surface area (Å²) < 4.78 is 2.42. The van der Waals surface area contributed by atoms with Gasteiger partial charge in [0.05, 0.1) is 16.7 Å². The van der Waals surface area contributed by atoms with E-state index in [9.17, 15) is 0 Å². The molecule has 8 rings (SSSR count). The summed E-state index contributed by atoms with van der Waals surface area (Å²) in [5.74, 6) is 0. The fraction of sp³-hybridized carbons (Fsp3) is 0. The molecule has 0 radical (unpaired) electrons. The van der Waals surface area contributed by atoms with E-state index in [0.29, 0.717) is 0 Å². The Hall–Kier alpha value is -4.88. The average Bonchev–Trinajstić information content (AvgIpc) is 3.31. The Labute approximate surface area is 214 Å². The SMILES string of the molecule is c1ccc(-n2c3ccccc3c3ccccc32)c(-c2ccc3c4ccccc4c4ccccc4c3c2)c1. The molecular weight excluding hydrogens is 446 g/mol. The maximum absolute atomic E-state index is 2.42. The second-order valence-electron chi connectivity index (χ2n) is 9.74. The lowest BCUT2D eigenvalue weighted by Crippen LogP contribution is -1.97. The van der Waals surface area contributed by atoms with Gasteiger partial charge in [-0.1, -0.05) is 115 Å². The standard InChI is InChI=1S/C36H23N/c1-2-14-28-26(12-1)27-13-3-4-15-29(27)33-23-24(21-22-30(28)33)25-11-5-8-18-34(25)37-35-19-9-6-16-31(35)32-17-7-10-20-36(32)37/h1-23H. The van der Waals surface area contributed by atoms with Gasteiger partial charge in [0.25, 0.3) is 0 Å². The maximum Gasteiger partial charge on any atom is 0.0541 e. The van der Waals surface area contributed by atoms with Crippen LogP contribution in [0.25, 0.3) is 70.9 Å². The highest BCUT2D eigenvalue weighted by Gasteiger charge is 2.16. The Balaban J connectivity index is 1.46. The number of aromatic nitrogens is 1. The van der Waals surface area contributed by atoms with Gasteiger partial charge in [-0.2, -0.15) is 0 Å². The van der Waals surface area contributed by atoms with Crippen LogP contribution in [0.1, 0.15) is 0 Å². The van der Waals surface area contributed by atoms with Gasteiger partial charge in [0.1, 0.15) is 0 Å². The van der Waals surface area contributed by atoms with Gasteiger partial charge in [0.15, 0.2) is 0 Å². The fourth-order valence-electron chi connectivity index (χ4n) is 6.17. The molecule has 0 aliphatic rings. The molecular formula is C36H23N. The Morgan fingerprint density at radius 2 is 0.757 bits per heavy atom. The Bertz CT molecular complexity index is 2060. The van der Waals surface area contributed by atoms with Crippen LogP contribution in [-0.2, 0) is 0 Å². The molecule has 0 saturated carbocycles. The summed E-state index contributed by atoms with van der Waals surface area (Å²) in [6, 6.07) is 50.8. The third kappa shape index (κ3) is 2.92. The summed E-state index contributed by atoms with van der Waals surface area (Å²) in [6.45, 7) is 0. The fourth-order valence-corrected chi connectivity index (χ4v) is 6.17. The first kappa shape index (κ1) is 20.3. The largest absolute Gasteiger partial charge is 0.309 e. The molecule has 1 nitrogen and oxygen atoms in total. The van der Waals surface area contributed by atoms with E-state index in [-0.39, 0.29) is 0 Å². The molecule has 0 saturated heterocycles. The van der Waals surface area contributed by atoms with Crippen molar-refractivity contribution in [3.05, 3.63) is 140 Å². The minimum absolute atomic E-state index is 1.20. The molecule has 0 fully saturated rings. The van der Waals surface area contributed by atoms with Gasteiger partial charge in [-0.3, -0.25) is 0 Å². The Morgan fingerprint density at radius 3 is 1.35 bits per heavy atom. The highest BCUT2D eigenvalue weighted by atomic mass is 15.0. The first-order chi connectivity index (χ1) is 18.4.